The Hall–Kier alpha value is -3.49. The first kappa shape index (κ1) is 25.6. The normalized spacial score (nSPS) is 20.7. The summed E-state index contributed by atoms with van der Waals surface area (Å²) >= 11 is 0. The maximum Gasteiger partial charge on any atom is 0.573 e. The third-order valence-electron chi connectivity index (χ3n) is 6.85. The highest BCUT2D eigenvalue weighted by molar-refractivity contribution is 5.87. The standard InChI is InChI=1S/C27H22F6O3/c28-26(29,30)22-13-15-25(16-14-22,21-9-3-19(4-10-21)24(34)35)20-7-1-17(2-8-20)18-5-11-23(12-6-18)36-27(31,32)33/h1-12,22H,13-16H2,(H,34,35). The predicted octanol–water partition coefficient (Wildman–Crippen LogP) is 7.99. The molecule has 0 bridgehead atoms. The van der Waals surface area contributed by atoms with Crippen molar-refractivity contribution in [1.29, 1.82) is 0 Å². The van der Waals surface area contributed by atoms with Crippen molar-refractivity contribution in [1.82, 2.24) is 0 Å². The van der Waals surface area contributed by atoms with Crippen LogP contribution in [0.4, 0.5) is 26.3 Å². The van der Waals surface area contributed by atoms with E-state index in [2.05, 4.69) is 4.74 Å². The highest BCUT2D eigenvalue weighted by Gasteiger charge is 2.47. The van der Waals surface area contributed by atoms with Gasteiger partial charge < -0.3 is 9.84 Å². The van der Waals surface area contributed by atoms with Gasteiger partial charge in [-0.15, -0.1) is 13.2 Å². The van der Waals surface area contributed by atoms with Gasteiger partial charge in [-0.2, -0.15) is 13.2 Å². The number of hydrogen-bond acceptors (Lipinski definition) is 2. The molecule has 0 saturated heterocycles. The molecule has 1 saturated carbocycles. The Bertz CT molecular complexity index is 1190. The van der Waals surface area contributed by atoms with Crippen molar-refractivity contribution in [3.63, 3.8) is 0 Å². The van der Waals surface area contributed by atoms with Crippen molar-refractivity contribution in [2.45, 2.75) is 43.6 Å². The van der Waals surface area contributed by atoms with Gasteiger partial charge >= 0.3 is 18.5 Å². The Morgan fingerprint density at radius 1 is 0.750 bits per heavy atom. The van der Waals surface area contributed by atoms with Crippen LogP contribution in [0.1, 0.15) is 47.2 Å². The number of ether oxygens (including phenoxy) is 1. The van der Waals surface area contributed by atoms with Crippen LogP contribution in [-0.2, 0) is 5.41 Å². The van der Waals surface area contributed by atoms with Crippen molar-refractivity contribution >= 4 is 5.97 Å². The summed E-state index contributed by atoms with van der Waals surface area (Å²) in [5.74, 6) is -2.82. The average molecular weight is 508 g/mol. The fourth-order valence-corrected chi connectivity index (χ4v) is 4.94. The summed E-state index contributed by atoms with van der Waals surface area (Å²) in [5.41, 5.74) is 2.28. The Kier molecular flexibility index (Phi) is 6.77. The number of hydrogen-bond donors (Lipinski definition) is 1. The minimum absolute atomic E-state index is 0.0490. The summed E-state index contributed by atoms with van der Waals surface area (Å²) in [4.78, 5) is 11.3. The van der Waals surface area contributed by atoms with Gasteiger partial charge in [0.1, 0.15) is 5.75 Å². The van der Waals surface area contributed by atoms with Crippen LogP contribution in [-0.4, -0.2) is 23.6 Å². The summed E-state index contributed by atoms with van der Waals surface area (Å²) in [6.45, 7) is 0. The zero-order chi connectivity index (χ0) is 26.1. The number of carbonyl (C=O) groups is 1. The molecule has 1 aliphatic rings. The summed E-state index contributed by atoms with van der Waals surface area (Å²) in [5, 5.41) is 9.21. The molecule has 0 aliphatic heterocycles. The number of carboxylic acid groups (broad SMARTS) is 1. The number of benzene rings is 3. The molecule has 0 amide bonds. The van der Waals surface area contributed by atoms with E-state index in [4.69, 9.17) is 0 Å². The molecule has 0 heterocycles. The van der Waals surface area contributed by atoms with E-state index in [0.29, 0.717) is 5.56 Å². The van der Waals surface area contributed by atoms with Gasteiger partial charge in [-0.05, 0) is 72.2 Å². The molecule has 0 radical (unpaired) electrons. The monoisotopic (exact) mass is 508 g/mol. The van der Waals surface area contributed by atoms with Gasteiger partial charge in [0.05, 0.1) is 11.5 Å². The third kappa shape index (κ3) is 5.50. The van der Waals surface area contributed by atoms with Crippen molar-refractivity contribution in [2.75, 3.05) is 0 Å². The molecule has 9 heteroatoms. The molecule has 3 aromatic carbocycles. The highest BCUT2D eigenvalue weighted by atomic mass is 19.4. The minimum atomic E-state index is -4.79. The Morgan fingerprint density at radius 3 is 1.61 bits per heavy atom. The fraction of sp³-hybridized carbons (Fsp3) is 0.296. The van der Waals surface area contributed by atoms with Crippen molar-refractivity contribution in [2.24, 2.45) is 5.92 Å². The lowest BCUT2D eigenvalue weighted by atomic mass is 9.63. The van der Waals surface area contributed by atoms with Crippen LogP contribution in [0.5, 0.6) is 5.75 Å². The van der Waals surface area contributed by atoms with E-state index >= 15 is 0 Å². The zero-order valence-corrected chi connectivity index (χ0v) is 18.9. The lowest BCUT2D eigenvalue weighted by molar-refractivity contribution is -0.274. The van der Waals surface area contributed by atoms with Gasteiger partial charge in [0.25, 0.3) is 0 Å². The van der Waals surface area contributed by atoms with Crippen LogP contribution >= 0.6 is 0 Å². The van der Waals surface area contributed by atoms with Gasteiger partial charge in [0, 0.05) is 5.41 Å². The maximum atomic E-state index is 13.4. The molecule has 3 aromatic rings. The lowest BCUT2D eigenvalue weighted by Gasteiger charge is -2.42. The van der Waals surface area contributed by atoms with Gasteiger partial charge in [0.15, 0.2) is 0 Å². The molecule has 0 aromatic heterocycles. The number of carboxylic acids is 1. The maximum absolute atomic E-state index is 13.4. The summed E-state index contributed by atoms with van der Waals surface area (Å²) in [6.07, 6.45) is -8.67. The molecule has 4 rings (SSSR count). The first-order valence-corrected chi connectivity index (χ1v) is 11.2. The average Bonchev–Trinajstić information content (AvgIpc) is 2.83. The Balaban J connectivity index is 1.64. The smallest absolute Gasteiger partial charge is 0.478 e. The van der Waals surface area contributed by atoms with E-state index in [1.807, 2.05) is 12.1 Å². The Morgan fingerprint density at radius 2 is 1.19 bits per heavy atom. The van der Waals surface area contributed by atoms with E-state index in [-0.39, 0.29) is 37.0 Å². The van der Waals surface area contributed by atoms with Crippen LogP contribution < -0.4 is 4.74 Å². The number of halogens is 6. The van der Waals surface area contributed by atoms with Crippen molar-refractivity contribution < 1.29 is 41.0 Å². The van der Waals surface area contributed by atoms with Crippen molar-refractivity contribution in [3.8, 4) is 16.9 Å². The molecule has 0 spiro atoms. The quantitative estimate of drug-likeness (QED) is 0.356. The molecular weight excluding hydrogens is 486 g/mol. The molecule has 3 nitrogen and oxygen atoms in total. The molecule has 0 unspecified atom stereocenters. The van der Waals surface area contributed by atoms with Crippen LogP contribution in [0.25, 0.3) is 11.1 Å². The molecular formula is C27H22F6O3. The summed E-state index contributed by atoms with van der Waals surface area (Å²) in [7, 11) is 0. The molecule has 1 fully saturated rings. The number of alkyl halides is 6. The summed E-state index contributed by atoms with van der Waals surface area (Å²) < 4.78 is 81.2. The third-order valence-corrected chi connectivity index (χ3v) is 6.85. The van der Waals surface area contributed by atoms with Crippen LogP contribution in [0.3, 0.4) is 0 Å². The van der Waals surface area contributed by atoms with Crippen LogP contribution in [0.2, 0.25) is 0 Å². The van der Waals surface area contributed by atoms with Crippen molar-refractivity contribution in [3.05, 3.63) is 89.5 Å². The van der Waals surface area contributed by atoms with E-state index in [9.17, 15) is 36.2 Å². The molecule has 1 N–H and O–H groups in total. The topological polar surface area (TPSA) is 46.5 Å². The second kappa shape index (κ2) is 9.52. The van der Waals surface area contributed by atoms with Gasteiger partial charge in [0.2, 0.25) is 0 Å². The first-order chi connectivity index (χ1) is 16.9. The van der Waals surface area contributed by atoms with Crippen LogP contribution in [0, 0.1) is 5.92 Å². The molecule has 0 atom stereocenters. The largest absolute Gasteiger partial charge is 0.573 e. The van der Waals surface area contributed by atoms with E-state index in [0.717, 1.165) is 16.7 Å². The second-order valence-corrected chi connectivity index (χ2v) is 8.93. The number of rotatable bonds is 5. The van der Waals surface area contributed by atoms with Crippen LogP contribution in [0.15, 0.2) is 72.8 Å². The fourth-order valence-electron chi connectivity index (χ4n) is 4.94. The highest BCUT2D eigenvalue weighted by Crippen LogP contribution is 2.50. The van der Waals surface area contributed by atoms with Gasteiger partial charge in [-0.25, -0.2) is 4.79 Å². The zero-order valence-electron chi connectivity index (χ0n) is 18.9. The first-order valence-electron chi connectivity index (χ1n) is 11.2. The van der Waals surface area contributed by atoms with E-state index < -0.39 is 29.8 Å². The Labute approximate surface area is 203 Å². The van der Waals surface area contributed by atoms with E-state index in [1.165, 1.54) is 36.4 Å². The SMILES string of the molecule is O=C(O)c1ccc(C2(c3ccc(-c4ccc(OC(F)(F)F)cc4)cc3)CCC(C(F)(F)F)CC2)cc1. The number of aromatic carboxylic acids is 1. The minimum Gasteiger partial charge on any atom is -0.478 e. The lowest BCUT2D eigenvalue weighted by Crippen LogP contribution is -2.37. The van der Waals surface area contributed by atoms with E-state index in [1.54, 1.807) is 24.3 Å². The molecule has 1 aliphatic carbocycles. The molecule has 36 heavy (non-hydrogen) atoms. The van der Waals surface area contributed by atoms with Gasteiger partial charge in [-0.3, -0.25) is 0 Å². The second-order valence-electron chi connectivity index (χ2n) is 8.93. The van der Waals surface area contributed by atoms with Gasteiger partial charge in [-0.1, -0.05) is 48.5 Å². The predicted molar refractivity (Wildman–Crippen MR) is 121 cm³/mol. The molecule has 190 valence electrons. The summed E-state index contributed by atoms with van der Waals surface area (Å²) in [6, 6.07) is 18.8.